The quantitative estimate of drug-likeness (QED) is 0.716. The predicted octanol–water partition coefficient (Wildman–Crippen LogP) is 3.04. The molecule has 23 heavy (non-hydrogen) atoms. The van der Waals surface area contributed by atoms with E-state index in [9.17, 15) is 8.78 Å². The first kappa shape index (κ1) is 15.3. The van der Waals surface area contributed by atoms with Crippen LogP contribution in [0.15, 0.2) is 42.9 Å². The van der Waals surface area contributed by atoms with Crippen LogP contribution in [0.5, 0.6) is 5.88 Å². The molecule has 0 spiro atoms. The van der Waals surface area contributed by atoms with Crippen LogP contribution in [0, 0.1) is 0 Å². The molecule has 0 bridgehead atoms. The first-order valence-electron chi connectivity index (χ1n) is 6.52. The lowest BCUT2D eigenvalue weighted by molar-refractivity contribution is -0.0524. The zero-order chi connectivity index (χ0) is 16.2. The standard InChI is InChI=1S/C14H10ClF2N5O/c15-11-3-1-2-10(5-11)12-4-9(7-22-20-8-19-21-22)6-18-13(12)23-14(16)17/h1-6,8,14H,7H2. The second-order valence-corrected chi connectivity index (χ2v) is 4.99. The average molecular weight is 338 g/mol. The molecule has 2 heterocycles. The van der Waals surface area contributed by atoms with Crippen LogP contribution < -0.4 is 4.74 Å². The average Bonchev–Trinajstić information content (AvgIpc) is 3.01. The van der Waals surface area contributed by atoms with Gasteiger partial charge in [-0.1, -0.05) is 23.7 Å². The van der Waals surface area contributed by atoms with Crippen LogP contribution in [0.25, 0.3) is 11.1 Å². The van der Waals surface area contributed by atoms with Crippen molar-refractivity contribution in [2.45, 2.75) is 13.2 Å². The fourth-order valence-electron chi connectivity index (χ4n) is 2.05. The first-order chi connectivity index (χ1) is 11.1. The number of benzene rings is 1. The van der Waals surface area contributed by atoms with Crippen LogP contribution in [-0.4, -0.2) is 31.8 Å². The van der Waals surface area contributed by atoms with Gasteiger partial charge >= 0.3 is 6.61 Å². The van der Waals surface area contributed by atoms with Crippen LogP contribution in [0.4, 0.5) is 8.78 Å². The molecule has 0 unspecified atom stereocenters. The van der Waals surface area contributed by atoms with E-state index in [1.165, 1.54) is 17.3 Å². The van der Waals surface area contributed by atoms with Crippen molar-refractivity contribution in [1.29, 1.82) is 0 Å². The maximum Gasteiger partial charge on any atom is 0.388 e. The van der Waals surface area contributed by atoms with Gasteiger partial charge in [0.1, 0.15) is 0 Å². The molecule has 0 N–H and O–H groups in total. The SMILES string of the molecule is FC(F)Oc1ncc(Cn2ncnn2)cc1-c1cccc(Cl)c1. The van der Waals surface area contributed by atoms with Gasteiger partial charge in [0.15, 0.2) is 6.33 Å². The van der Waals surface area contributed by atoms with Crippen molar-refractivity contribution in [2.24, 2.45) is 0 Å². The van der Waals surface area contributed by atoms with E-state index in [-0.39, 0.29) is 5.88 Å². The minimum atomic E-state index is -2.97. The number of ether oxygens (including phenoxy) is 1. The van der Waals surface area contributed by atoms with Crippen LogP contribution in [0.1, 0.15) is 5.56 Å². The molecule has 0 aliphatic heterocycles. The Balaban J connectivity index is 2.01. The van der Waals surface area contributed by atoms with Gasteiger partial charge in [0.25, 0.3) is 0 Å². The highest BCUT2D eigenvalue weighted by atomic mass is 35.5. The molecule has 1 aromatic carbocycles. The fourth-order valence-corrected chi connectivity index (χ4v) is 2.24. The Kier molecular flexibility index (Phi) is 4.42. The van der Waals surface area contributed by atoms with Crippen LogP contribution in [0.3, 0.4) is 0 Å². The number of aromatic nitrogens is 5. The van der Waals surface area contributed by atoms with Gasteiger partial charge in [-0.15, -0.1) is 10.2 Å². The maximum atomic E-state index is 12.6. The summed E-state index contributed by atoms with van der Waals surface area (Å²) in [4.78, 5) is 5.32. The monoisotopic (exact) mass is 337 g/mol. The van der Waals surface area contributed by atoms with Gasteiger partial charge in [-0.25, -0.2) is 4.98 Å². The largest absolute Gasteiger partial charge is 0.416 e. The third kappa shape index (κ3) is 3.78. The topological polar surface area (TPSA) is 65.7 Å². The van der Waals surface area contributed by atoms with Gasteiger partial charge in [-0.3, -0.25) is 0 Å². The number of hydrogen-bond donors (Lipinski definition) is 0. The molecule has 0 aliphatic rings. The van der Waals surface area contributed by atoms with E-state index in [2.05, 4.69) is 25.1 Å². The van der Waals surface area contributed by atoms with Crippen molar-refractivity contribution < 1.29 is 13.5 Å². The molecule has 9 heteroatoms. The smallest absolute Gasteiger partial charge is 0.388 e. The van der Waals surface area contributed by atoms with Gasteiger partial charge in [0, 0.05) is 16.8 Å². The van der Waals surface area contributed by atoms with Gasteiger partial charge < -0.3 is 4.74 Å². The highest BCUT2D eigenvalue weighted by Crippen LogP contribution is 2.31. The molecule has 0 saturated carbocycles. The molecule has 0 aliphatic carbocycles. The van der Waals surface area contributed by atoms with Crippen LogP contribution in [0.2, 0.25) is 5.02 Å². The Morgan fingerprint density at radius 2 is 2.13 bits per heavy atom. The summed E-state index contributed by atoms with van der Waals surface area (Å²) in [5.74, 6) is -0.169. The fraction of sp³-hybridized carbons (Fsp3) is 0.143. The van der Waals surface area contributed by atoms with Crippen molar-refractivity contribution >= 4 is 11.6 Å². The number of rotatable bonds is 5. The van der Waals surface area contributed by atoms with E-state index in [1.54, 1.807) is 30.3 Å². The van der Waals surface area contributed by atoms with Crippen molar-refractivity contribution in [3.05, 3.63) is 53.4 Å². The van der Waals surface area contributed by atoms with Crippen molar-refractivity contribution in [1.82, 2.24) is 25.2 Å². The number of hydrogen-bond acceptors (Lipinski definition) is 5. The Morgan fingerprint density at radius 1 is 1.26 bits per heavy atom. The minimum absolute atomic E-state index is 0.169. The molecule has 0 atom stereocenters. The predicted molar refractivity (Wildman–Crippen MR) is 78.2 cm³/mol. The summed E-state index contributed by atoms with van der Waals surface area (Å²) in [6.07, 6.45) is 2.73. The second kappa shape index (κ2) is 6.66. The van der Waals surface area contributed by atoms with Crippen molar-refractivity contribution in [2.75, 3.05) is 0 Å². The lowest BCUT2D eigenvalue weighted by atomic mass is 10.1. The molecular weight excluding hydrogens is 328 g/mol. The summed E-state index contributed by atoms with van der Waals surface area (Å²) in [7, 11) is 0. The highest BCUT2D eigenvalue weighted by molar-refractivity contribution is 6.30. The van der Waals surface area contributed by atoms with Crippen molar-refractivity contribution in [3.63, 3.8) is 0 Å². The van der Waals surface area contributed by atoms with Gasteiger partial charge in [-0.05, 0) is 34.5 Å². The number of nitrogens with zero attached hydrogens (tertiary/aromatic N) is 5. The van der Waals surface area contributed by atoms with E-state index >= 15 is 0 Å². The second-order valence-electron chi connectivity index (χ2n) is 4.55. The molecule has 3 aromatic rings. The lowest BCUT2D eigenvalue weighted by Gasteiger charge is -2.11. The molecule has 6 nitrogen and oxygen atoms in total. The lowest BCUT2D eigenvalue weighted by Crippen LogP contribution is -2.08. The van der Waals surface area contributed by atoms with Crippen LogP contribution in [-0.2, 0) is 6.54 Å². The Hall–Kier alpha value is -2.61. The maximum absolute atomic E-state index is 12.6. The van der Waals surface area contributed by atoms with Gasteiger partial charge in [-0.2, -0.15) is 13.6 Å². The Labute approximate surface area is 134 Å². The van der Waals surface area contributed by atoms with E-state index in [0.29, 0.717) is 28.3 Å². The number of alkyl halides is 2. The zero-order valence-electron chi connectivity index (χ0n) is 11.6. The van der Waals surface area contributed by atoms with Crippen LogP contribution >= 0.6 is 11.6 Å². The molecule has 118 valence electrons. The molecule has 0 amide bonds. The molecule has 0 saturated heterocycles. The van der Waals surface area contributed by atoms with E-state index in [1.807, 2.05) is 0 Å². The molecule has 3 rings (SSSR count). The van der Waals surface area contributed by atoms with E-state index < -0.39 is 6.61 Å². The summed E-state index contributed by atoms with van der Waals surface area (Å²) in [5.41, 5.74) is 1.74. The molecule has 2 aromatic heterocycles. The number of tetrazole rings is 1. The third-order valence-electron chi connectivity index (χ3n) is 2.96. The Bertz CT molecular complexity index is 798. The summed E-state index contributed by atoms with van der Waals surface area (Å²) in [6, 6.07) is 8.47. The first-order valence-corrected chi connectivity index (χ1v) is 6.90. The van der Waals surface area contributed by atoms with E-state index in [4.69, 9.17) is 11.6 Å². The zero-order valence-corrected chi connectivity index (χ0v) is 12.4. The Morgan fingerprint density at radius 3 is 2.83 bits per heavy atom. The minimum Gasteiger partial charge on any atom is -0.416 e. The molecule has 0 fully saturated rings. The summed E-state index contributed by atoms with van der Waals surface area (Å²) < 4.78 is 29.7. The van der Waals surface area contributed by atoms with Crippen molar-refractivity contribution in [3.8, 4) is 17.0 Å². The summed E-state index contributed by atoms with van der Waals surface area (Å²) in [6.45, 7) is -2.67. The third-order valence-corrected chi connectivity index (χ3v) is 3.19. The normalized spacial score (nSPS) is 11.0. The highest BCUT2D eigenvalue weighted by Gasteiger charge is 2.14. The van der Waals surface area contributed by atoms with Gasteiger partial charge in [0.2, 0.25) is 5.88 Å². The van der Waals surface area contributed by atoms with Gasteiger partial charge in [0.05, 0.1) is 6.54 Å². The number of halogens is 3. The molecule has 0 radical (unpaired) electrons. The summed E-state index contributed by atoms with van der Waals surface area (Å²) >= 11 is 5.97. The van der Waals surface area contributed by atoms with E-state index in [0.717, 1.165) is 0 Å². The summed E-state index contributed by atoms with van der Waals surface area (Å²) in [5, 5.41) is 11.7. The number of pyridine rings is 1. The molecular formula is C14H10ClF2N5O.